The van der Waals surface area contributed by atoms with Crippen molar-refractivity contribution >= 4 is 34.2 Å². The number of likely N-dealkylation sites (N-methyl/N-ethyl adjacent to an activating group) is 1. The minimum absolute atomic E-state index is 0.158. The van der Waals surface area contributed by atoms with E-state index in [4.69, 9.17) is 16.3 Å². The lowest BCUT2D eigenvalue weighted by Gasteiger charge is -2.30. The zero-order valence-electron chi connectivity index (χ0n) is 17.1. The highest BCUT2D eigenvalue weighted by Crippen LogP contribution is 2.25. The van der Waals surface area contributed by atoms with E-state index in [1.165, 1.54) is 0 Å². The Hall–Kier alpha value is -3.05. The predicted molar refractivity (Wildman–Crippen MR) is 120 cm³/mol. The molecule has 156 valence electrons. The summed E-state index contributed by atoms with van der Waals surface area (Å²) in [5.41, 5.74) is 0.889. The Morgan fingerprint density at radius 2 is 1.73 bits per heavy atom. The largest absolute Gasteiger partial charge is 0.483 e. The van der Waals surface area contributed by atoms with Gasteiger partial charge in [0.05, 0.1) is 0 Å². The fourth-order valence-electron chi connectivity index (χ4n) is 3.42. The van der Waals surface area contributed by atoms with Gasteiger partial charge in [0, 0.05) is 24.0 Å². The number of carbonyl (C=O) groups is 2. The average Bonchev–Trinajstić information content (AvgIpc) is 2.78. The Morgan fingerprint density at radius 1 is 1.03 bits per heavy atom. The van der Waals surface area contributed by atoms with Crippen LogP contribution in [0.25, 0.3) is 10.8 Å². The molecule has 0 heterocycles. The van der Waals surface area contributed by atoms with E-state index in [2.05, 4.69) is 5.32 Å². The van der Waals surface area contributed by atoms with Crippen LogP contribution in [0.1, 0.15) is 18.9 Å². The van der Waals surface area contributed by atoms with Gasteiger partial charge in [-0.15, -0.1) is 0 Å². The second-order valence-electron chi connectivity index (χ2n) is 6.95. The number of rotatable bonds is 8. The Labute approximate surface area is 181 Å². The van der Waals surface area contributed by atoms with Gasteiger partial charge in [0.2, 0.25) is 5.91 Å². The molecule has 3 aromatic carbocycles. The number of nitrogens with zero attached hydrogens (tertiary/aromatic N) is 1. The van der Waals surface area contributed by atoms with Crippen molar-refractivity contribution in [3.05, 3.63) is 77.3 Å². The molecule has 0 radical (unpaired) electrons. The van der Waals surface area contributed by atoms with E-state index in [0.29, 0.717) is 23.7 Å². The Morgan fingerprint density at radius 3 is 2.43 bits per heavy atom. The van der Waals surface area contributed by atoms with Crippen LogP contribution in [0, 0.1) is 0 Å². The van der Waals surface area contributed by atoms with Gasteiger partial charge in [0.15, 0.2) is 6.61 Å². The number of carbonyl (C=O) groups excluding carboxylic acids is 2. The SMILES string of the molecule is CC[C@H](C(=O)NC)N(Cc1ccc(Cl)cc1)C(=O)COc1cccc2ccccc12. The van der Waals surface area contributed by atoms with Crippen molar-refractivity contribution in [2.45, 2.75) is 25.9 Å². The Balaban J connectivity index is 1.81. The van der Waals surface area contributed by atoms with Gasteiger partial charge in [-0.25, -0.2) is 0 Å². The van der Waals surface area contributed by atoms with Gasteiger partial charge in [0.1, 0.15) is 11.8 Å². The smallest absolute Gasteiger partial charge is 0.261 e. The molecule has 0 aliphatic heterocycles. The first kappa shape index (κ1) is 21.7. The van der Waals surface area contributed by atoms with Crippen molar-refractivity contribution in [2.75, 3.05) is 13.7 Å². The standard InChI is InChI=1S/C24H25ClN2O3/c1-3-21(24(29)26-2)27(15-17-11-13-19(25)14-12-17)23(28)16-30-22-10-6-8-18-7-4-5-9-20(18)22/h4-14,21H,3,15-16H2,1-2H3,(H,26,29)/t21-/m1/s1. The zero-order valence-corrected chi connectivity index (χ0v) is 17.9. The third kappa shape index (κ3) is 5.10. The summed E-state index contributed by atoms with van der Waals surface area (Å²) < 4.78 is 5.88. The number of ether oxygens (including phenoxy) is 1. The summed E-state index contributed by atoms with van der Waals surface area (Å²) in [6, 6.07) is 20.2. The first-order valence-corrected chi connectivity index (χ1v) is 10.3. The zero-order chi connectivity index (χ0) is 21.5. The molecule has 5 nitrogen and oxygen atoms in total. The van der Waals surface area contributed by atoms with E-state index in [-0.39, 0.29) is 18.4 Å². The van der Waals surface area contributed by atoms with Crippen LogP contribution in [0.5, 0.6) is 5.75 Å². The van der Waals surface area contributed by atoms with Crippen LogP contribution in [-0.2, 0) is 16.1 Å². The highest BCUT2D eigenvalue weighted by molar-refractivity contribution is 6.30. The first-order valence-electron chi connectivity index (χ1n) is 9.89. The maximum Gasteiger partial charge on any atom is 0.261 e. The third-order valence-corrected chi connectivity index (χ3v) is 5.25. The summed E-state index contributed by atoms with van der Waals surface area (Å²) in [6.45, 7) is 2.02. The van der Waals surface area contributed by atoms with E-state index >= 15 is 0 Å². The second-order valence-corrected chi connectivity index (χ2v) is 7.39. The van der Waals surface area contributed by atoms with Crippen molar-refractivity contribution in [1.82, 2.24) is 10.2 Å². The molecule has 0 bridgehead atoms. The summed E-state index contributed by atoms with van der Waals surface area (Å²) >= 11 is 5.97. The number of amides is 2. The third-order valence-electron chi connectivity index (χ3n) is 5.00. The molecule has 0 aliphatic rings. The van der Waals surface area contributed by atoms with Gasteiger partial charge in [-0.2, -0.15) is 0 Å². The minimum atomic E-state index is -0.589. The molecule has 0 saturated carbocycles. The molecule has 0 saturated heterocycles. The van der Waals surface area contributed by atoms with Gasteiger partial charge in [0.25, 0.3) is 5.91 Å². The lowest BCUT2D eigenvalue weighted by atomic mass is 10.1. The van der Waals surface area contributed by atoms with Crippen LogP contribution < -0.4 is 10.1 Å². The number of fused-ring (bicyclic) bond motifs is 1. The highest BCUT2D eigenvalue weighted by Gasteiger charge is 2.28. The lowest BCUT2D eigenvalue weighted by Crippen LogP contribution is -2.49. The van der Waals surface area contributed by atoms with Crippen LogP contribution in [0.4, 0.5) is 0 Å². The minimum Gasteiger partial charge on any atom is -0.483 e. The van der Waals surface area contributed by atoms with E-state index in [0.717, 1.165) is 16.3 Å². The normalized spacial score (nSPS) is 11.7. The predicted octanol–water partition coefficient (Wildman–Crippen LogP) is 4.43. The molecule has 2 amide bonds. The number of benzene rings is 3. The molecule has 6 heteroatoms. The second kappa shape index (κ2) is 10.1. The van der Waals surface area contributed by atoms with Gasteiger partial charge in [-0.1, -0.05) is 67.1 Å². The Kier molecular flexibility index (Phi) is 7.31. The fourth-order valence-corrected chi connectivity index (χ4v) is 3.54. The number of hydrogen-bond acceptors (Lipinski definition) is 3. The molecule has 1 N–H and O–H groups in total. The summed E-state index contributed by atoms with van der Waals surface area (Å²) in [5.74, 6) is 0.180. The topological polar surface area (TPSA) is 58.6 Å². The van der Waals surface area contributed by atoms with E-state index < -0.39 is 6.04 Å². The van der Waals surface area contributed by atoms with Crippen molar-refractivity contribution in [3.8, 4) is 5.75 Å². The maximum atomic E-state index is 13.1. The van der Waals surface area contributed by atoms with Gasteiger partial charge < -0.3 is 15.0 Å². The van der Waals surface area contributed by atoms with E-state index in [1.807, 2.05) is 61.5 Å². The number of hydrogen-bond donors (Lipinski definition) is 1. The van der Waals surface area contributed by atoms with Gasteiger partial charge >= 0.3 is 0 Å². The van der Waals surface area contributed by atoms with E-state index in [1.54, 1.807) is 24.1 Å². The number of halogens is 1. The summed E-state index contributed by atoms with van der Waals surface area (Å²) in [5, 5.41) is 5.25. The van der Waals surface area contributed by atoms with Crippen LogP contribution in [0.2, 0.25) is 5.02 Å². The quantitative estimate of drug-likeness (QED) is 0.582. The summed E-state index contributed by atoms with van der Waals surface area (Å²) in [4.78, 5) is 27.1. The van der Waals surface area contributed by atoms with Crippen molar-refractivity contribution < 1.29 is 14.3 Å². The first-order chi connectivity index (χ1) is 14.5. The van der Waals surface area contributed by atoms with E-state index in [9.17, 15) is 9.59 Å². The van der Waals surface area contributed by atoms with Crippen molar-refractivity contribution in [3.63, 3.8) is 0 Å². The molecule has 1 atom stereocenters. The summed E-state index contributed by atoms with van der Waals surface area (Å²) in [6.07, 6.45) is 0.493. The molecule has 0 aromatic heterocycles. The molecule has 0 unspecified atom stereocenters. The molecule has 0 fully saturated rings. The lowest BCUT2D eigenvalue weighted by molar-refractivity contribution is -0.142. The number of nitrogens with one attached hydrogen (secondary N) is 1. The van der Waals surface area contributed by atoms with Gasteiger partial charge in [-0.05, 0) is 35.6 Å². The van der Waals surface area contributed by atoms with Crippen molar-refractivity contribution in [2.24, 2.45) is 0 Å². The fraction of sp³-hybridized carbons (Fsp3) is 0.250. The van der Waals surface area contributed by atoms with Crippen LogP contribution in [0.15, 0.2) is 66.7 Å². The molecule has 3 rings (SSSR count). The van der Waals surface area contributed by atoms with Crippen LogP contribution in [0.3, 0.4) is 0 Å². The monoisotopic (exact) mass is 424 g/mol. The van der Waals surface area contributed by atoms with Crippen LogP contribution in [-0.4, -0.2) is 36.4 Å². The molecular formula is C24H25ClN2O3. The highest BCUT2D eigenvalue weighted by atomic mass is 35.5. The summed E-state index contributed by atoms with van der Waals surface area (Å²) in [7, 11) is 1.57. The van der Waals surface area contributed by atoms with Gasteiger partial charge in [-0.3, -0.25) is 9.59 Å². The van der Waals surface area contributed by atoms with Crippen LogP contribution >= 0.6 is 11.6 Å². The maximum absolute atomic E-state index is 13.1. The molecule has 0 aliphatic carbocycles. The molecule has 3 aromatic rings. The average molecular weight is 425 g/mol. The molecular weight excluding hydrogens is 400 g/mol. The van der Waals surface area contributed by atoms with Crippen molar-refractivity contribution in [1.29, 1.82) is 0 Å². The molecule has 0 spiro atoms. The molecule has 30 heavy (non-hydrogen) atoms. The Bertz CT molecular complexity index is 1020.